The van der Waals surface area contributed by atoms with E-state index in [9.17, 15) is 4.79 Å². The van der Waals surface area contributed by atoms with Crippen molar-refractivity contribution < 1.29 is 9.53 Å². The molecule has 1 aliphatic carbocycles. The first-order valence-corrected chi connectivity index (χ1v) is 9.94. The number of nitrogens with zero attached hydrogens (tertiary/aromatic N) is 1. The first-order valence-electron chi connectivity index (χ1n) is 8.71. The molecule has 6 heteroatoms. The molecule has 0 atom stereocenters. The number of nitrogens with one attached hydrogen (secondary N) is 1. The van der Waals surface area contributed by atoms with Gasteiger partial charge in [0.25, 0.3) is 0 Å². The maximum absolute atomic E-state index is 12.6. The number of hydrogen-bond acceptors (Lipinski definition) is 4. The highest BCUT2D eigenvalue weighted by atomic mass is 32.1. The van der Waals surface area contributed by atoms with Crippen LogP contribution in [0.5, 0.6) is 0 Å². The van der Waals surface area contributed by atoms with Crippen molar-refractivity contribution in [2.75, 3.05) is 25.0 Å². The van der Waals surface area contributed by atoms with Crippen LogP contribution in [0.15, 0.2) is 25.3 Å². The Labute approximate surface area is 159 Å². The molecule has 1 aromatic heterocycles. The van der Waals surface area contributed by atoms with Gasteiger partial charge in [0.15, 0.2) is 5.11 Å². The summed E-state index contributed by atoms with van der Waals surface area (Å²) in [5.41, 5.74) is 1.81. The number of carbonyl (C=O) groups is 1. The van der Waals surface area contributed by atoms with Crippen molar-refractivity contribution in [2.24, 2.45) is 0 Å². The van der Waals surface area contributed by atoms with E-state index in [1.165, 1.54) is 17.7 Å². The zero-order valence-corrected chi connectivity index (χ0v) is 16.4. The lowest BCUT2D eigenvalue weighted by Gasteiger charge is -2.23. The lowest BCUT2D eigenvalue weighted by Crippen LogP contribution is -2.35. The van der Waals surface area contributed by atoms with Crippen LogP contribution in [0.3, 0.4) is 0 Å². The van der Waals surface area contributed by atoms with Crippen LogP contribution in [-0.2, 0) is 17.6 Å². The zero-order valence-electron chi connectivity index (χ0n) is 14.8. The standard InChI is InChI=1S/C19H26N2O2S2/c1-4-12-21(13-5-2)19(24)20-17-16(18(22)23-6-3)14-10-8-7-9-11-15(14)25-17/h4-5H,1-2,6-13H2,3H3,(H,20,24). The van der Waals surface area contributed by atoms with E-state index in [1.54, 1.807) is 23.5 Å². The van der Waals surface area contributed by atoms with Crippen molar-refractivity contribution in [1.29, 1.82) is 0 Å². The molecule has 0 aromatic carbocycles. The molecule has 0 saturated heterocycles. The van der Waals surface area contributed by atoms with Gasteiger partial charge in [-0.3, -0.25) is 0 Å². The molecular weight excluding hydrogens is 352 g/mol. The summed E-state index contributed by atoms with van der Waals surface area (Å²) in [5, 5.41) is 4.65. The average molecular weight is 379 g/mol. The second-order valence-electron chi connectivity index (χ2n) is 5.90. The maximum atomic E-state index is 12.6. The van der Waals surface area contributed by atoms with Crippen molar-refractivity contribution in [3.63, 3.8) is 0 Å². The smallest absolute Gasteiger partial charge is 0.341 e. The molecule has 1 N–H and O–H groups in total. The van der Waals surface area contributed by atoms with Gasteiger partial charge in [0.05, 0.1) is 12.2 Å². The SMILES string of the molecule is C=CCN(CC=C)C(=S)Nc1sc2c(c1C(=O)OCC)CCCCC2. The average Bonchev–Trinajstić information content (AvgIpc) is 2.75. The van der Waals surface area contributed by atoms with Gasteiger partial charge < -0.3 is 15.0 Å². The van der Waals surface area contributed by atoms with Crippen molar-refractivity contribution in [2.45, 2.75) is 39.0 Å². The van der Waals surface area contributed by atoms with E-state index in [-0.39, 0.29) is 5.97 Å². The van der Waals surface area contributed by atoms with Crippen LogP contribution in [0.1, 0.15) is 47.0 Å². The highest BCUT2D eigenvalue weighted by Gasteiger charge is 2.26. The molecule has 0 radical (unpaired) electrons. The minimum Gasteiger partial charge on any atom is -0.462 e. The molecule has 4 nitrogen and oxygen atoms in total. The maximum Gasteiger partial charge on any atom is 0.341 e. The normalized spacial score (nSPS) is 13.3. The highest BCUT2D eigenvalue weighted by Crippen LogP contribution is 2.38. The molecule has 25 heavy (non-hydrogen) atoms. The fourth-order valence-electron chi connectivity index (χ4n) is 2.98. The van der Waals surface area contributed by atoms with Crippen LogP contribution < -0.4 is 5.32 Å². The summed E-state index contributed by atoms with van der Waals surface area (Å²) in [7, 11) is 0. The Bertz CT molecular complexity index is 642. The number of carbonyl (C=O) groups excluding carboxylic acids is 1. The van der Waals surface area contributed by atoms with Crippen LogP contribution >= 0.6 is 23.6 Å². The van der Waals surface area contributed by atoms with Crippen LogP contribution in [0.2, 0.25) is 0 Å². The topological polar surface area (TPSA) is 41.6 Å². The number of anilines is 1. The van der Waals surface area contributed by atoms with Crippen molar-refractivity contribution >= 4 is 39.6 Å². The minimum absolute atomic E-state index is 0.258. The summed E-state index contributed by atoms with van der Waals surface area (Å²) in [6.45, 7) is 11.0. The first-order chi connectivity index (χ1) is 12.1. The molecule has 1 aliphatic rings. The Balaban J connectivity index is 2.32. The van der Waals surface area contributed by atoms with Crippen molar-refractivity contribution in [3.8, 4) is 0 Å². The molecule has 0 bridgehead atoms. The molecule has 0 unspecified atom stereocenters. The minimum atomic E-state index is -0.258. The number of hydrogen-bond donors (Lipinski definition) is 1. The van der Waals surface area contributed by atoms with Crippen LogP contribution in [-0.4, -0.2) is 35.7 Å². The summed E-state index contributed by atoms with van der Waals surface area (Å²) in [5.74, 6) is -0.258. The molecule has 0 spiro atoms. The van der Waals surface area contributed by atoms with E-state index in [1.807, 2.05) is 11.8 Å². The van der Waals surface area contributed by atoms with E-state index >= 15 is 0 Å². The second-order valence-corrected chi connectivity index (χ2v) is 7.39. The van der Waals surface area contributed by atoms with Crippen LogP contribution in [0.25, 0.3) is 0 Å². The van der Waals surface area contributed by atoms with Crippen molar-refractivity contribution in [3.05, 3.63) is 41.3 Å². The Hall–Kier alpha value is -1.66. The number of aryl methyl sites for hydroxylation is 1. The Kier molecular flexibility index (Phi) is 7.65. The number of thiophene rings is 1. The monoisotopic (exact) mass is 378 g/mol. The van der Waals surface area contributed by atoms with E-state index < -0.39 is 0 Å². The molecular formula is C19H26N2O2S2. The number of thiocarbonyl (C=S) groups is 1. The molecule has 0 saturated carbocycles. The zero-order chi connectivity index (χ0) is 18.2. The number of ether oxygens (including phenoxy) is 1. The summed E-state index contributed by atoms with van der Waals surface area (Å²) in [6.07, 6.45) is 9.02. The molecule has 2 rings (SSSR count). The molecule has 136 valence electrons. The van der Waals surface area contributed by atoms with E-state index in [2.05, 4.69) is 18.5 Å². The third-order valence-corrected chi connectivity index (χ3v) is 5.68. The van der Waals surface area contributed by atoms with Gasteiger partial charge in [-0.1, -0.05) is 18.6 Å². The summed E-state index contributed by atoms with van der Waals surface area (Å²) in [4.78, 5) is 15.8. The summed E-state index contributed by atoms with van der Waals surface area (Å²) >= 11 is 7.17. The fraction of sp³-hybridized carbons (Fsp3) is 0.474. The van der Waals surface area contributed by atoms with Crippen LogP contribution in [0, 0.1) is 0 Å². The third kappa shape index (κ3) is 4.92. The predicted molar refractivity (Wildman–Crippen MR) is 110 cm³/mol. The predicted octanol–water partition coefficient (Wildman–Crippen LogP) is 4.56. The van der Waals surface area contributed by atoms with E-state index in [4.69, 9.17) is 17.0 Å². The number of esters is 1. The van der Waals surface area contributed by atoms with Gasteiger partial charge in [-0.25, -0.2) is 4.79 Å². The van der Waals surface area contributed by atoms with Gasteiger partial charge in [0, 0.05) is 18.0 Å². The molecule has 0 aliphatic heterocycles. The Morgan fingerprint density at radius 2 is 1.96 bits per heavy atom. The van der Waals surface area contributed by atoms with Gasteiger partial charge >= 0.3 is 5.97 Å². The second kappa shape index (κ2) is 9.73. The first kappa shape index (κ1) is 19.7. The highest BCUT2D eigenvalue weighted by molar-refractivity contribution is 7.80. The third-order valence-electron chi connectivity index (χ3n) is 4.11. The largest absolute Gasteiger partial charge is 0.462 e. The van der Waals surface area contributed by atoms with Gasteiger partial charge in [-0.15, -0.1) is 24.5 Å². The molecule has 1 heterocycles. The summed E-state index contributed by atoms with van der Waals surface area (Å²) in [6, 6.07) is 0. The number of fused-ring (bicyclic) bond motifs is 1. The van der Waals surface area contributed by atoms with E-state index in [0.29, 0.717) is 30.4 Å². The van der Waals surface area contributed by atoms with Gasteiger partial charge in [0.2, 0.25) is 0 Å². The molecule has 0 amide bonds. The number of rotatable bonds is 7. The summed E-state index contributed by atoms with van der Waals surface area (Å²) < 4.78 is 5.31. The Morgan fingerprint density at radius 3 is 2.60 bits per heavy atom. The molecule has 1 aromatic rings. The lowest BCUT2D eigenvalue weighted by molar-refractivity contribution is 0.0527. The Morgan fingerprint density at radius 1 is 1.28 bits per heavy atom. The van der Waals surface area contributed by atoms with Gasteiger partial charge in [0.1, 0.15) is 5.00 Å². The van der Waals surface area contributed by atoms with Gasteiger partial charge in [-0.2, -0.15) is 0 Å². The van der Waals surface area contributed by atoms with E-state index in [0.717, 1.165) is 29.8 Å². The van der Waals surface area contributed by atoms with Gasteiger partial charge in [-0.05, 0) is 50.4 Å². The molecule has 0 fully saturated rings. The quantitative estimate of drug-likeness (QED) is 0.326. The lowest BCUT2D eigenvalue weighted by atomic mass is 10.1. The fourth-order valence-corrected chi connectivity index (χ4v) is 4.57. The van der Waals surface area contributed by atoms with Crippen molar-refractivity contribution in [1.82, 2.24) is 4.90 Å². The van der Waals surface area contributed by atoms with Crippen LogP contribution in [0.4, 0.5) is 5.00 Å².